The smallest absolute Gasteiger partial charge is 0.191 e. The summed E-state index contributed by atoms with van der Waals surface area (Å²) in [5, 5.41) is 19.7. The quantitative estimate of drug-likeness (QED) is 0.751. The number of benzene rings is 2. The number of fused-ring (bicyclic) bond motifs is 1. The number of rotatable bonds is 5. The second kappa shape index (κ2) is 5.88. The molecular formula is C15H17N5O. The van der Waals surface area contributed by atoms with E-state index in [1.807, 2.05) is 19.1 Å². The lowest BCUT2D eigenvalue weighted by Crippen LogP contribution is -2.19. The number of tetrazole rings is 1. The molecule has 108 valence electrons. The minimum Gasteiger partial charge on any atom is -0.497 e. The highest BCUT2D eigenvalue weighted by atomic mass is 16.5. The molecule has 0 aliphatic carbocycles. The molecule has 21 heavy (non-hydrogen) atoms. The Labute approximate surface area is 122 Å². The molecule has 0 radical (unpaired) electrons. The van der Waals surface area contributed by atoms with Gasteiger partial charge in [0, 0.05) is 6.54 Å². The van der Waals surface area contributed by atoms with Gasteiger partial charge in [-0.2, -0.15) is 5.21 Å². The van der Waals surface area contributed by atoms with E-state index in [0.717, 1.165) is 12.3 Å². The van der Waals surface area contributed by atoms with Crippen molar-refractivity contribution in [2.24, 2.45) is 0 Å². The summed E-state index contributed by atoms with van der Waals surface area (Å²) in [4.78, 5) is 0. The zero-order chi connectivity index (χ0) is 14.7. The predicted molar refractivity (Wildman–Crippen MR) is 79.9 cm³/mol. The third-order valence-electron chi connectivity index (χ3n) is 3.47. The van der Waals surface area contributed by atoms with Crippen LogP contribution in [0.5, 0.6) is 5.75 Å². The molecule has 0 amide bonds. The fourth-order valence-corrected chi connectivity index (χ4v) is 2.23. The monoisotopic (exact) mass is 283 g/mol. The van der Waals surface area contributed by atoms with Crippen LogP contribution in [0.15, 0.2) is 36.4 Å². The Morgan fingerprint density at radius 3 is 2.76 bits per heavy atom. The Kier molecular flexibility index (Phi) is 3.79. The first kappa shape index (κ1) is 13.5. The van der Waals surface area contributed by atoms with E-state index in [4.69, 9.17) is 4.74 Å². The van der Waals surface area contributed by atoms with Gasteiger partial charge >= 0.3 is 0 Å². The zero-order valence-electron chi connectivity index (χ0n) is 12.0. The molecule has 0 bridgehead atoms. The average molecular weight is 283 g/mol. The molecule has 3 aromatic rings. The van der Waals surface area contributed by atoms with Crippen LogP contribution >= 0.6 is 0 Å². The first-order valence-electron chi connectivity index (χ1n) is 6.79. The van der Waals surface area contributed by atoms with Crippen molar-refractivity contribution in [2.45, 2.75) is 19.5 Å². The van der Waals surface area contributed by atoms with E-state index in [9.17, 15) is 0 Å². The highest BCUT2D eigenvalue weighted by molar-refractivity contribution is 5.84. The first-order chi connectivity index (χ1) is 10.3. The summed E-state index contributed by atoms with van der Waals surface area (Å²) in [7, 11) is 1.68. The number of hydrogen-bond donors (Lipinski definition) is 2. The SMILES string of the molecule is COc1ccc2cc(CNC(C)c3nn[nH]n3)ccc2c1. The molecule has 0 aliphatic heterocycles. The van der Waals surface area contributed by atoms with Crippen LogP contribution in [-0.2, 0) is 6.54 Å². The zero-order valence-corrected chi connectivity index (χ0v) is 12.0. The van der Waals surface area contributed by atoms with Gasteiger partial charge in [-0.15, -0.1) is 10.2 Å². The van der Waals surface area contributed by atoms with Crippen molar-refractivity contribution >= 4 is 10.8 Å². The van der Waals surface area contributed by atoms with Crippen molar-refractivity contribution in [3.8, 4) is 5.75 Å². The van der Waals surface area contributed by atoms with Gasteiger partial charge in [-0.25, -0.2) is 0 Å². The maximum Gasteiger partial charge on any atom is 0.191 e. The molecule has 0 saturated heterocycles. The summed E-state index contributed by atoms with van der Waals surface area (Å²) < 4.78 is 5.24. The number of nitrogens with zero attached hydrogens (tertiary/aromatic N) is 3. The second-order valence-corrected chi connectivity index (χ2v) is 4.92. The van der Waals surface area contributed by atoms with E-state index >= 15 is 0 Å². The van der Waals surface area contributed by atoms with Crippen molar-refractivity contribution in [1.82, 2.24) is 25.9 Å². The summed E-state index contributed by atoms with van der Waals surface area (Å²) in [6.45, 7) is 2.76. The van der Waals surface area contributed by atoms with Gasteiger partial charge in [0.05, 0.1) is 13.2 Å². The topological polar surface area (TPSA) is 75.7 Å². The Bertz CT molecular complexity index is 726. The molecule has 0 saturated carbocycles. The predicted octanol–water partition coefficient (Wildman–Crippen LogP) is 2.21. The standard InChI is InChI=1S/C15H17N5O/c1-10(15-17-19-20-18-15)16-9-11-3-4-13-8-14(21-2)6-5-12(13)7-11/h3-8,10,16H,9H2,1-2H3,(H,17,18,19,20). The number of hydrogen-bond acceptors (Lipinski definition) is 5. The van der Waals surface area contributed by atoms with Gasteiger partial charge in [0.2, 0.25) is 0 Å². The summed E-state index contributed by atoms with van der Waals surface area (Å²) in [6, 6.07) is 12.5. The Morgan fingerprint density at radius 1 is 1.19 bits per heavy atom. The minimum atomic E-state index is 0.0512. The lowest BCUT2D eigenvalue weighted by molar-refractivity contribution is 0.415. The van der Waals surface area contributed by atoms with Gasteiger partial charge in [-0.3, -0.25) is 0 Å². The molecular weight excluding hydrogens is 266 g/mol. The van der Waals surface area contributed by atoms with Crippen LogP contribution in [0.25, 0.3) is 10.8 Å². The lowest BCUT2D eigenvalue weighted by atomic mass is 10.1. The average Bonchev–Trinajstić information content (AvgIpc) is 3.06. The molecule has 0 spiro atoms. The van der Waals surface area contributed by atoms with Crippen LogP contribution in [-0.4, -0.2) is 27.7 Å². The van der Waals surface area contributed by atoms with Crippen molar-refractivity contribution in [1.29, 1.82) is 0 Å². The van der Waals surface area contributed by atoms with Crippen LogP contribution < -0.4 is 10.1 Å². The van der Waals surface area contributed by atoms with E-state index < -0.39 is 0 Å². The van der Waals surface area contributed by atoms with Gasteiger partial charge in [-0.1, -0.05) is 23.4 Å². The summed E-state index contributed by atoms with van der Waals surface area (Å²) in [5.74, 6) is 1.54. The van der Waals surface area contributed by atoms with Gasteiger partial charge in [0.25, 0.3) is 0 Å². The second-order valence-electron chi connectivity index (χ2n) is 4.92. The summed E-state index contributed by atoms with van der Waals surface area (Å²) in [5.41, 5.74) is 1.21. The van der Waals surface area contributed by atoms with Gasteiger partial charge in [-0.05, 0) is 41.5 Å². The molecule has 6 nitrogen and oxygen atoms in total. The third kappa shape index (κ3) is 3.00. The number of aromatic nitrogens is 4. The maximum absolute atomic E-state index is 5.24. The van der Waals surface area contributed by atoms with Crippen molar-refractivity contribution in [3.63, 3.8) is 0 Å². The molecule has 1 aromatic heterocycles. The van der Waals surface area contributed by atoms with Crippen LogP contribution in [0.1, 0.15) is 24.4 Å². The molecule has 0 fully saturated rings. The van der Waals surface area contributed by atoms with E-state index in [0.29, 0.717) is 5.82 Å². The van der Waals surface area contributed by atoms with Crippen molar-refractivity contribution in [3.05, 3.63) is 47.8 Å². The number of ether oxygens (including phenoxy) is 1. The van der Waals surface area contributed by atoms with Crippen LogP contribution in [0, 0.1) is 0 Å². The largest absolute Gasteiger partial charge is 0.497 e. The Balaban J connectivity index is 1.72. The number of H-pyrrole nitrogens is 1. The van der Waals surface area contributed by atoms with Crippen molar-refractivity contribution in [2.75, 3.05) is 7.11 Å². The Morgan fingerprint density at radius 2 is 2.00 bits per heavy atom. The van der Waals surface area contributed by atoms with Gasteiger partial charge < -0.3 is 10.1 Å². The molecule has 3 rings (SSSR count). The van der Waals surface area contributed by atoms with Gasteiger partial charge in [0.1, 0.15) is 5.75 Å². The van der Waals surface area contributed by atoms with E-state index in [2.05, 4.69) is 50.2 Å². The number of nitrogens with one attached hydrogen (secondary N) is 2. The maximum atomic E-state index is 5.24. The lowest BCUT2D eigenvalue weighted by Gasteiger charge is -2.10. The normalized spacial score (nSPS) is 12.5. The molecule has 1 heterocycles. The highest BCUT2D eigenvalue weighted by Gasteiger charge is 2.09. The minimum absolute atomic E-state index is 0.0512. The van der Waals surface area contributed by atoms with Crippen LogP contribution in [0.2, 0.25) is 0 Å². The first-order valence-corrected chi connectivity index (χ1v) is 6.79. The molecule has 1 atom stereocenters. The molecule has 2 aromatic carbocycles. The number of methoxy groups -OCH3 is 1. The fourth-order valence-electron chi connectivity index (χ4n) is 2.23. The van der Waals surface area contributed by atoms with Crippen molar-refractivity contribution < 1.29 is 4.74 Å². The van der Waals surface area contributed by atoms with E-state index in [1.165, 1.54) is 16.3 Å². The fraction of sp³-hybridized carbons (Fsp3) is 0.267. The van der Waals surface area contributed by atoms with E-state index in [1.54, 1.807) is 7.11 Å². The summed E-state index contributed by atoms with van der Waals surface area (Å²) >= 11 is 0. The number of aromatic amines is 1. The van der Waals surface area contributed by atoms with Crippen LogP contribution in [0.3, 0.4) is 0 Å². The third-order valence-corrected chi connectivity index (χ3v) is 3.47. The molecule has 0 aliphatic rings. The molecule has 1 unspecified atom stereocenters. The van der Waals surface area contributed by atoms with Gasteiger partial charge in [0.15, 0.2) is 5.82 Å². The van der Waals surface area contributed by atoms with Crippen LogP contribution in [0.4, 0.5) is 0 Å². The highest BCUT2D eigenvalue weighted by Crippen LogP contribution is 2.22. The molecule has 6 heteroatoms. The molecule has 2 N–H and O–H groups in total. The Hall–Kier alpha value is -2.47. The summed E-state index contributed by atoms with van der Waals surface area (Å²) in [6.07, 6.45) is 0. The van der Waals surface area contributed by atoms with E-state index in [-0.39, 0.29) is 6.04 Å².